The normalized spacial score (nSPS) is 10.5. The van der Waals surface area contributed by atoms with Crippen molar-refractivity contribution in [3.05, 3.63) is 6.92 Å². The lowest BCUT2D eigenvalue weighted by molar-refractivity contribution is 0.580. The average molecular weight is 171 g/mol. The van der Waals surface area contributed by atoms with Gasteiger partial charge in [-0.2, -0.15) is 0 Å². The molecule has 0 saturated carbocycles. The van der Waals surface area contributed by atoms with E-state index in [4.69, 9.17) is 0 Å². The molecular formula is C10H23N2. The van der Waals surface area contributed by atoms with E-state index in [1.54, 1.807) is 0 Å². The van der Waals surface area contributed by atoms with Crippen LogP contribution in [-0.4, -0.2) is 26.2 Å². The molecule has 0 aromatic carbocycles. The molecule has 0 atom stereocenters. The molecule has 0 fully saturated rings. The maximum absolute atomic E-state index is 3.72. The molecule has 2 nitrogen and oxygen atoms in total. The molecule has 0 aliphatic heterocycles. The fourth-order valence-electron chi connectivity index (χ4n) is 1.16. The summed E-state index contributed by atoms with van der Waals surface area (Å²) in [6, 6.07) is 0. The van der Waals surface area contributed by atoms with Crippen LogP contribution in [0.2, 0.25) is 0 Å². The zero-order valence-electron chi connectivity index (χ0n) is 8.36. The quantitative estimate of drug-likeness (QED) is 0.515. The summed E-state index contributed by atoms with van der Waals surface area (Å²) in [6.45, 7) is 10.1. The Morgan fingerprint density at radius 3 is 2.00 bits per heavy atom. The first-order chi connectivity index (χ1) is 5.91. The number of rotatable bonds is 9. The van der Waals surface area contributed by atoms with Gasteiger partial charge in [-0.05, 0) is 45.9 Å². The molecule has 0 aliphatic rings. The van der Waals surface area contributed by atoms with Gasteiger partial charge in [-0.25, -0.2) is 0 Å². The molecule has 2 heteroatoms. The van der Waals surface area contributed by atoms with Gasteiger partial charge >= 0.3 is 0 Å². The van der Waals surface area contributed by atoms with Gasteiger partial charge in [0.1, 0.15) is 0 Å². The van der Waals surface area contributed by atoms with Crippen molar-refractivity contribution in [1.29, 1.82) is 0 Å². The largest absolute Gasteiger partial charge is 0.317 e. The summed E-state index contributed by atoms with van der Waals surface area (Å²) in [4.78, 5) is 0. The second-order valence-corrected chi connectivity index (χ2v) is 3.02. The third-order valence-electron chi connectivity index (χ3n) is 1.88. The van der Waals surface area contributed by atoms with Crippen LogP contribution in [-0.2, 0) is 0 Å². The fraction of sp³-hybridized carbons (Fsp3) is 0.900. The monoisotopic (exact) mass is 171 g/mol. The minimum atomic E-state index is 0.859. The van der Waals surface area contributed by atoms with E-state index in [-0.39, 0.29) is 0 Å². The first-order valence-corrected chi connectivity index (χ1v) is 5.12. The molecule has 0 unspecified atom stereocenters. The predicted octanol–water partition coefficient (Wildman–Crippen LogP) is 1.58. The van der Waals surface area contributed by atoms with Gasteiger partial charge in [0.15, 0.2) is 0 Å². The predicted molar refractivity (Wildman–Crippen MR) is 55.2 cm³/mol. The van der Waals surface area contributed by atoms with Gasteiger partial charge in [-0.1, -0.05) is 19.8 Å². The molecule has 0 amide bonds. The Bertz CT molecular complexity index is 64.2. The first-order valence-electron chi connectivity index (χ1n) is 5.12. The Labute approximate surface area is 77.1 Å². The van der Waals surface area contributed by atoms with Gasteiger partial charge in [-0.15, -0.1) is 0 Å². The number of hydrogen-bond donors (Lipinski definition) is 2. The Morgan fingerprint density at radius 1 is 0.917 bits per heavy atom. The van der Waals surface area contributed by atoms with Crippen molar-refractivity contribution in [2.45, 2.75) is 32.6 Å². The minimum Gasteiger partial charge on any atom is -0.317 e. The summed E-state index contributed by atoms with van der Waals surface area (Å²) >= 11 is 0. The Balaban J connectivity index is 2.73. The summed E-state index contributed by atoms with van der Waals surface area (Å²) in [7, 11) is 0. The van der Waals surface area contributed by atoms with E-state index >= 15 is 0 Å². The van der Waals surface area contributed by atoms with Crippen LogP contribution < -0.4 is 10.6 Å². The lowest BCUT2D eigenvalue weighted by Gasteiger charge is -2.02. The van der Waals surface area contributed by atoms with Gasteiger partial charge in [0.2, 0.25) is 0 Å². The zero-order valence-corrected chi connectivity index (χ0v) is 8.36. The molecule has 0 aliphatic carbocycles. The van der Waals surface area contributed by atoms with E-state index in [1.807, 2.05) is 0 Å². The van der Waals surface area contributed by atoms with Gasteiger partial charge < -0.3 is 10.6 Å². The van der Waals surface area contributed by atoms with Crippen LogP contribution in [0.15, 0.2) is 0 Å². The van der Waals surface area contributed by atoms with Crippen molar-refractivity contribution in [1.82, 2.24) is 10.6 Å². The Morgan fingerprint density at radius 2 is 1.50 bits per heavy atom. The summed E-state index contributed by atoms with van der Waals surface area (Å²) in [5.41, 5.74) is 0. The van der Waals surface area contributed by atoms with E-state index in [0.717, 1.165) is 19.6 Å². The number of nitrogens with one attached hydrogen (secondary N) is 2. The molecule has 1 radical (unpaired) electrons. The van der Waals surface area contributed by atoms with Gasteiger partial charge in [0.05, 0.1) is 0 Å². The van der Waals surface area contributed by atoms with Crippen LogP contribution in [0, 0.1) is 6.92 Å². The molecular weight excluding hydrogens is 148 g/mol. The van der Waals surface area contributed by atoms with E-state index in [9.17, 15) is 0 Å². The van der Waals surface area contributed by atoms with E-state index in [0.29, 0.717) is 0 Å². The second kappa shape index (κ2) is 10.9. The summed E-state index contributed by atoms with van der Waals surface area (Å²) < 4.78 is 0. The van der Waals surface area contributed by atoms with E-state index < -0.39 is 0 Å². The van der Waals surface area contributed by atoms with Crippen molar-refractivity contribution >= 4 is 0 Å². The third-order valence-corrected chi connectivity index (χ3v) is 1.88. The molecule has 0 bridgehead atoms. The highest BCUT2D eigenvalue weighted by atomic mass is 14.8. The molecule has 73 valence electrons. The van der Waals surface area contributed by atoms with Crippen molar-refractivity contribution < 1.29 is 0 Å². The third kappa shape index (κ3) is 9.92. The van der Waals surface area contributed by atoms with Gasteiger partial charge in [0, 0.05) is 0 Å². The first kappa shape index (κ1) is 11.9. The van der Waals surface area contributed by atoms with Crippen LogP contribution in [0.3, 0.4) is 0 Å². The molecule has 0 rings (SSSR count). The van der Waals surface area contributed by atoms with Crippen molar-refractivity contribution in [2.75, 3.05) is 26.2 Å². The topological polar surface area (TPSA) is 24.1 Å². The van der Waals surface area contributed by atoms with Crippen molar-refractivity contribution in [3.63, 3.8) is 0 Å². The lowest BCUT2D eigenvalue weighted by Crippen LogP contribution is -2.15. The fourth-order valence-corrected chi connectivity index (χ4v) is 1.16. The molecule has 0 heterocycles. The molecule has 2 N–H and O–H groups in total. The lowest BCUT2D eigenvalue weighted by atomic mass is 10.2. The van der Waals surface area contributed by atoms with Crippen LogP contribution >= 0.6 is 0 Å². The minimum absolute atomic E-state index is 0.859. The molecule has 0 aromatic heterocycles. The second-order valence-electron chi connectivity index (χ2n) is 3.02. The van der Waals surface area contributed by atoms with Gasteiger partial charge in [-0.3, -0.25) is 0 Å². The van der Waals surface area contributed by atoms with Crippen LogP contribution in [0.5, 0.6) is 0 Å². The summed E-state index contributed by atoms with van der Waals surface area (Å²) in [6.07, 6.45) is 5.31. The van der Waals surface area contributed by atoms with E-state index in [2.05, 4.69) is 24.5 Å². The Kier molecular flexibility index (Phi) is 10.8. The highest BCUT2D eigenvalue weighted by molar-refractivity contribution is 4.51. The van der Waals surface area contributed by atoms with Gasteiger partial charge in [0.25, 0.3) is 0 Å². The van der Waals surface area contributed by atoms with Crippen LogP contribution in [0.1, 0.15) is 32.6 Å². The zero-order chi connectivity index (χ0) is 9.07. The van der Waals surface area contributed by atoms with Crippen LogP contribution in [0.25, 0.3) is 0 Å². The highest BCUT2D eigenvalue weighted by Gasteiger charge is 1.88. The summed E-state index contributed by atoms with van der Waals surface area (Å²) in [5.74, 6) is 0. The maximum atomic E-state index is 3.72. The smallest absolute Gasteiger partial charge is 0.00484 e. The molecule has 0 aromatic rings. The Hall–Kier alpha value is -0.0800. The maximum Gasteiger partial charge on any atom is -0.00484 e. The average Bonchev–Trinajstić information content (AvgIpc) is 2.10. The summed E-state index contributed by atoms with van der Waals surface area (Å²) in [5, 5.41) is 6.55. The highest BCUT2D eigenvalue weighted by Crippen LogP contribution is 1.97. The molecule has 0 saturated heterocycles. The molecule has 12 heavy (non-hydrogen) atoms. The van der Waals surface area contributed by atoms with Crippen molar-refractivity contribution in [2.24, 2.45) is 0 Å². The van der Waals surface area contributed by atoms with Crippen molar-refractivity contribution in [3.8, 4) is 0 Å². The van der Waals surface area contributed by atoms with Crippen LogP contribution in [0.4, 0.5) is 0 Å². The molecule has 0 spiro atoms. The van der Waals surface area contributed by atoms with E-state index in [1.165, 1.54) is 32.2 Å². The SMILES string of the molecule is [CH2]CNCCCCCCNCC. The standard InChI is InChI=1S/C10H23N2/c1-3-11-9-7-5-6-8-10-12-4-2/h11-12H,1,3-10H2,2H3. The number of hydrogen-bond acceptors (Lipinski definition) is 2. The number of unbranched alkanes of at least 4 members (excludes halogenated alkanes) is 3.